The number of alkyl halides is 3. The Morgan fingerprint density at radius 3 is 2.65 bits per heavy atom. The second-order valence-corrected chi connectivity index (χ2v) is 6.35. The maximum Gasteiger partial charge on any atom is 0.417 e. The number of nitrogens with zero attached hydrogens (tertiary/aromatic N) is 1. The molecule has 0 radical (unpaired) electrons. The summed E-state index contributed by atoms with van der Waals surface area (Å²) in [6, 6.07) is 0.565. The zero-order valence-electron chi connectivity index (χ0n) is 12.6. The van der Waals surface area contributed by atoms with Gasteiger partial charge in [-0.3, -0.25) is 9.59 Å². The first-order valence-corrected chi connectivity index (χ1v) is 7.83. The van der Waals surface area contributed by atoms with E-state index >= 15 is 0 Å². The van der Waals surface area contributed by atoms with E-state index in [2.05, 4.69) is 5.32 Å². The van der Waals surface area contributed by atoms with Gasteiger partial charge in [-0.05, 0) is 24.8 Å². The molecule has 128 valence electrons. The van der Waals surface area contributed by atoms with E-state index in [1.807, 2.05) is 6.92 Å². The summed E-state index contributed by atoms with van der Waals surface area (Å²) < 4.78 is 39.0. The van der Waals surface area contributed by atoms with Crippen LogP contribution in [-0.2, 0) is 17.5 Å². The molecule has 1 aromatic rings. The molecule has 0 spiro atoms. The van der Waals surface area contributed by atoms with Crippen molar-refractivity contribution >= 4 is 17.5 Å². The normalized spacial score (nSPS) is 22.0. The predicted molar refractivity (Wildman–Crippen MR) is 80.3 cm³/mol. The molecular weight excluding hydrogens is 333 g/mol. The number of aromatic nitrogens is 1. The van der Waals surface area contributed by atoms with Crippen LogP contribution in [0.3, 0.4) is 0 Å². The minimum Gasteiger partial charge on any atom is -0.352 e. The van der Waals surface area contributed by atoms with E-state index in [4.69, 9.17) is 11.6 Å². The molecule has 8 heteroatoms. The van der Waals surface area contributed by atoms with Gasteiger partial charge in [0.05, 0.1) is 5.56 Å². The third-order valence-electron chi connectivity index (χ3n) is 4.14. The lowest BCUT2D eigenvalue weighted by Crippen LogP contribution is -2.43. The number of carbonyl (C=O) groups is 1. The Kier molecular flexibility index (Phi) is 5.39. The molecule has 2 atom stereocenters. The van der Waals surface area contributed by atoms with Crippen LogP contribution in [0.15, 0.2) is 17.1 Å². The van der Waals surface area contributed by atoms with Crippen LogP contribution < -0.4 is 10.9 Å². The molecule has 0 bridgehead atoms. The average Bonchev–Trinajstić information content (AvgIpc) is 2.45. The highest BCUT2D eigenvalue weighted by Crippen LogP contribution is 2.29. The van der Waals surface area contributed by atoms with Crippen molar-refractivity contribution in [3.63, 3.8) is 0 Å². The quantitative estimate of drug-likeness (QED) is 0.910. The molecule has 23 heavy (non-hydrogen) atoms. The lowest BCUT2D eigenvalue weighted by Gasteiger charge is -2.29. The summed E-state index contributed by atoms with van der Waals surface area (Å²) >= 11 is 5.56. The lowest BCUT2D eigenvalue weighted by atomic mass is 9.86. The third kappa shape index (κ3) is 4.50. The van der Waals surface area contributed by atoms with Gasteiger partial charge in [0.2, 0.25) is 5.91 Å². The molecule has 1 saturated carbocycles. The maximum atomic E-state index is 12.8. The zero-order valence-corrected chi connectivity index (χ0v) is 13.4. The van der Waals surface area contributed by atoms with Crippen molar-refractivity contribution in [1.82, 2.24) is 9.88 Å². The minimum absolute atomic E-state index is 0.00628. The highest BCUT2D eigenvalue weighted by Gasteiger charge is 2.32. The molecule has 1 amide bonds. The molecule has 1 heterocycles. The fourth-order valence-electron chi connectivity index (χ4n) is 2.81. The molecule has 1 aromatic heterocycles. The zero-order chi connectivity index (χ0) is 17.2. The van der Waals surface area contributed by atoms with Crippen molar-refractivity contribution in [3.8, 4) is 0 Å². The smallest absolute Gasteiger partial charge is 0.352 e. The highest BCUT2D eigenvalue weighted by atomic mass is 35.5. The number of pyridine rings is 1. The van der Waals surface area contributed by atoms with Gasteiger partial charge in [0.15, 0.2) is 0 Å². The van der Waals surface area contributed by atoms with Gasteiger partial charge in [-0.15, -0.1) is 0 Å². The molecule has 0 unspecified atom stereocenters. The van der Waals surface area contributed by atoms with E-state index in [1.165, 1.54) is 0 Å². The van der Waals surface area contributed by atoms with Gasteiger partial charge in [-0.25, -0.2) is 0 Å². The summed E-state index contributed by atoms with van der Waals surface area (Å²) in [4.78, 5) is 23.9. The molecule has 4 nitrogen and oxygen atoms in total. The molecule has 0 saturated heterocycles. The van der Waals surface area contributed by atoms with Gasteiger partial charge in [-0.2, -0.15) is 13.2 Å². The van der Waals surface area contributed by atoms with E-state index in [0.29, 0.717) is 22.7 Å². The summed E-state index contributed by atoms with van der Waals surface area (Å²) in [5.74, 6) is -0.171. The summed E-state index contributed by atoms with van der Waals surface area (Å²) in [5, 5.41) is 2.24. The first-order valence-electron chi connectivity index (χ1n) is 7.45. The van der Waals surface area contributed by atoms with Crippen LogP contribution in [0.2, 0.25) is 5.02 Å². The molecule has 1 aliphatic rings. The van der Waals surface area contributed by atoms with Crippen LogP contribution in [0.4, 0.5) is 13.2 Å². The summed E-state index contributed by atoms with van der Waals surface area (Å²) in [5.41, 5.74) is -1.87. The van der Waals surface area contributed by atoms with Gasteiger partial charge >= 0.3 is 6.18 Å². The van der Waals surface area contributed by atoms with E-state index in [-0.39, 0.29) is 6.04 Å². The van der Waals surface area contributed by atoms with Crippen LogP contribution in [0, 0.1) is 5.92 Å². The Morgan fingerprint density at radius 2 is 2.04 bits per heavy atom. The Hall–Kier alpha value is -1.50. The Balaban J connectivity index is 2.14. The van der Waals surface area contributed by atoms with Gasteiger partial charge in [0, 0.05) is 12.2 Å². The second kappa shape index (κ2) is 6.95. The predicted octanol–water partition coefficient (Wildman–Crippen LogP) is 3.22. The van der Waals surface area contributed by atoms with E-state index in [9.17, 15) is 22.8 Å². The number of carbonyl (C=O) groups excluding carboxylic acids is 1. The third-order valence-corrected chi connectivity index (χ3v) is 4.41. The fourth-order valence-corrected chi connectivity index (χ4v) is 3.04. The van der Waals surface area contributed by atoms with E-state index in [0.717, 1.165) is 25.7 Å². The van der Waals surface area contributed by atoms with E-state index < -0.39 is 34.8 Å². The van der Waals surface area contributed by atoms with Crippen LogP contribution >= 0.6 is 11.6 Å². The average molecular weight is 351 g/mol. The number of halogens is 4. The number of hydrogen-bond acceptors (Lipinski definition) is 2. The number of rotatable bonds is 3. The van der Waals surface area contributed by atoms with Crippen LogP contribution in [-0.4, -0.2) is 16.5 Å². The van der Waals surface area contributed by atoms with Crippen molar-refractivity contribution in [2.45, 2.75) is 51.4 Å². The van der Waals surface area contributed by atoms with Crippen LogP contribution in [0.25, 0.3) is 0 Å². The fraction of sp³-hybridized carbons (Fsp3) is 0.600. The van der Waals surface area contributed by atoms with Gasteiger partial charge in [0.25, 0.3) is 5.56 Å². The number of nitrogens with one attached hydrogen (secondary N) is 1. The van der Waals surface area contributed by atoms with Crippen molar-refractivity contribution in [3.05, 3.63) is 33.2 Å². The minimum atomic E-state index is -4.63. The largest absolute Gasteiger partial charge is 0.417 e. The first kappa shape index (κ1) is 17.8. The molecule has 1 fully saturated rings. The SMILES string of the molecule is C[C@H]1CCCC[C@@H]1NC(=O)Cn1cc(C(F)(F)F)cc(Cl)c1=O. The standard InChI is InChI=1S/C15H18ClF3N2O2/c1-9-4-2-3-5-12(9)20-13(22)8-21-7-10(15(17,18)19)6-11(16)14(21)23/h6-7,9,12H,2-5,8H2,1H3,(H,20,22)/t9-,12-/m0/s1. The number of hydrogen-bond donors (Lipinski definition) is 1. The maximum absolute atomic E-state index is 12.8. The first-order chi connectivity index (χ1) is 10.7. The van der Waals surface area contributed by atoms with Gasteiger partial charge < -0.3 is 9.88 Å². The van der Waals surface area contributed by atoms with Crippen molar-refractivity contribution in [1.29, 1.82) is 0 Å². The van der Waals surface area contributed by atoms with Crippen LogP contribution in [0.5, 0.6) is 0 Å². The summed E-state index contributed by atoms with van der Waals surface area (Å²) in [6.45, 7) is 1.54. The Morgan fingerprint density at radius 1 is 1.39 bits per heavy atom. The molecule has 2 rings (SSSR count). The Bertz CT molecular complexity index is 643. The highest BCUT2D eigenvalue weighted by molar-refractivity contribution is 6.30. The van der Waals surface area contributed by atoms with E-state index in [1.54, 1.807) is 0 Å². The molecule has 0 aromatic carbocycles. The van der Waals surface area contributed by atoms with Crippen molar-refractivity contribution in [2.24, 2.45) is 5.92 Å². The van der Waals surface area contributed by atoms with Gasteiger partial charge in [0.1, 0.15) is 11.6 Å². The number of amides is 1. The molecular formula is C15H18ClF3N2O2. The molecule has 1 aliphatic carbocycles. The lowest BCUT2D eigenvalue weighted by molar-refractivity contribution is -0.138. The van der Waals surface area contributed by atoms with Crippen molar-refractivity contribution in [2.75, 3.05) is 0 Å². The summed E-state index contributed by atoms with van der Waals surface area (Å²) in [7, 11) is 0. The van der Waals surface area contributed by atoms with Crippen LogP contribution in [0.1, 0.15) is 38.2 Å². The molecule has 1 N–H and O–H groups in total. The topological polar surface area (TPSA) is 51.1 Å². The van der Waals surface area contributed by atoms with Crippen molar-refractivity contribution < 1.29 is 18.0 Å². The molecule has 0 aliphatic heterocycles. The Labute approximate surface area is 136 Å². The monoisotopic (exact) mass is 350 g/mol. The summed E-state index contributed by atoms with van der Waals surface area (Å²) in [6.07, 6.45) is -0.0577. The second-order valence-electron chi connectivity index (χ2n) is 5.94. The van der Waals surface area contributed by atoms with Gasteiger partial charge in [-0.1, -0.05) is 31.4 Å².